The van der Waals surface area contributed by atoms with E-state index in [-0.39, 0.29) is 62.0 Å². The number of hydrogen-bond acceptors (Lipinski definition) is 13. The normalized spacial score (nSPS) is 20.5. The Morgan fingerprint density at radius 3 is 2.80 bits per heavy atom. The minimum absolute atomic E-state index is 0. The van der Waals surface area contributed by atoms with Crippen molar-refractivity contribution in [1.29, 1.82) is 0 Å². The number of nitrogens with zero attached hydrogens (tertiary/aromatic N) is 5. The minimum atomic E-state index is -1.32. The Labute approximate surface area is 232 Å². The number of carbonyl (C=O) groups is 2. The Hall–Kier alpha value is -2.56. The van der Waals surface area contributed by atoms with Crippen LogP contribution in [-0.4, -0.2) is 73.1 Å². The van der Waals surface area contributed by atoms with Crippen LogP contribution in [0.4, 0.5) is 5.13 Å². The predicted octanol–water partition coefficient (Wildman–Crippen LogP) is -2.35. The molecule has 178 valence electrons. The zero-order valence-corrected chi connectivity index (χ0v) is 22.4. The van der Waals surface area contributed by atoms with Crippen molar-refractivity contribution in [3.63, 3.8) is 0 Å². The van der Waals surface area contributed by atoms with E-state index in [1.165, 1.54) is 37.1 Å². The molecule has 0 saturated carbocycles. The molecule has 1 amide bonds. The number of thioether (sulfide) groups is 1. The minimum Gasteiger partial charge on any atom is -0.857 e. The zero-order chi connectivity index (χ0) is 24.6. The molecule has 0 aromatic carbocycles. The standard InChI is InChI=1S/C18H15ClN6O7S2.Na/c1-31-8-4-7(32-24-8)3-2-6-5-33-16-11(15(27)25(16)12(6)17(28)29)21-14(26)10(23-30)9-13(19)34-18(20)22-9;/h2-4,11,16,30H,5H2,1H3,(H2,20,22)(H,21,26)(H,28,29);/q;+1/p-1/b3-2+,23-10-;/t11-,16-;/m1./s1. The number of thiazole rings is 1. The number of nitrogen functional groups attached to an aromatic ring is 1. The van der Waals surface area contributed by atoms with Crippen LogP contribution in [0.2, 0.25) is 4.34 Å². The van der Waals surface area contributed by atoms with Crippen LogP contribution < -0.4 is 45.1 Å². The molecule has 0 unspecified atom stereocenters. The summed E-state index contributed by atoms with van der Waals surface area (Å²) in [4.78, 5) is 33.4. The van der Waals surface area contributed by atoms with Crippen LogP contribution in [0.5, 0.6) is 5.88 Å². The van der Waals surface area contributed by atoms with Gasteiger partial charge in [-0.15, -0.1) is 11.8 Å². The number of carboxylic acids is 1. The van der Waals surface area contributed by atoms with E-state index in [0.29, 0.717) is 11.3 Å². The van der Waals surface area contributed by atoms with Gasteiger partial charge in [-0.1, -0.05) is 34.2 Å². The number of nitrogens with two attached hydrogens (primary N) is 1. The molecule has 2 aliphatic rings. The van der Waals surface area contributed by atoms with Gasteiger partial charge in [0, 0.05) is 17.7 Å². The smallest absolute Gasteiger partial charge is 0.857 e. The molecule has 4 rings (SSSR count). The van der Waals surface area contributed by atoms with E-state index >= 15 is 0 Å². The van der Waals surface area contributed by atoms with Crippen molar-refractivity contribution in [2.24, 2.45) is 10.1 Å². The Bertz CT molecular complexity index is 1290. The topological polar surface area (TPSA) is 200 Å². The summed E-state index contributed by atoms with van der Waals surface area (Å²) < 4.78 is 9.98. The van der Waals surface area contributed by atoms with E-state index in [1.807, 2.05) is 0 Å². The number of anilines is 1. The van der Waals surface area contributed by atoms with Gasteiger partial charge in [0.25, 0.3) is 11.8 Å². The van der Waals surface area contributed by atoms with Crippen molar-refractivity contribution < 1.29 is 63.8 Å². The number of aliphatic carboxylic acids is 1. The molecule has 0 aliphatic carbocycles. The van der Waals surface area contributed by atoms with Crippen LogP contribution in [0.1, 0.15) is 11.5 Å². The van der Waals surface area contributed by atoms with E-state index < -0.39 is 34.9 Å². The number of methoxy groups -OCH3 is 1. The fourth-order valence-electron chi connectivity index (χ4n) is 3.21. The summed E-state index contributed by atoms with van der Waals surface area (Å²) in [6.45, 7) is 0. The third-order valence-electron chi connectivity index (χ3n) is 4.72. The molecule has 2 atom stereocenters. The summed E-state index contributed by atoms with van der Waals surface area (Å²) in [6, 6.07) is 0.330. The maximum atomic E-state index is 12.8. The number of β-lactam (4-membered cyclic amide) rings is 1. The number of amides is 1. The van der Waals surface area contributed by atoms with Crippen LogP contribution in [0.15, 0.2) is 38.1 Å². The van der Waals surface area contributed by atoms with E-state index in [1.54, 1.807) is 0 Å². The van der Waals surface area contributed by atoms with Crippen molar-refractivity contribution in [1.82, 2.24) is 15.0 Å². The van der Waals surface area contributed by atoms with E-state index in [2.05, 4.69) is 20.3 Å². The van der Waals surface area contributed by atoms with Gasteiger partial charge in [0.2, 0.25) is 0 Å². The molecule has 17 heteroatoms. The van der Waals surface area contributed by atoms with Crippen LogP contribution in [0, 0.1) is 0 Å². The van der Waals surface area contributed by atoms with Gasteiger partial charge in [-0.3, -0.25) is 14.7 Å². The van der Waals surface area contributed by atoms with Crippen LogP contribution >= 0.6 is 34.7 Å². The van der Waals surface area contributed by atoms with E-state index in [4.69, 9.17) is 26.6 Å². The first-order chi connectivity index (χ1) is 16.2. The second-order valence-electron chi connectivity index (χ2n) is 6.70. The summed E-state index contributed by atoms with van der Waals surface area (Å²) in [5.74, 6) is -2.26. The predicted molar refractivity (Wildman–Crippen MR) is 121 cm³/mol. The number of carboxylic acid groups (broad SMARTS) is 1. The number of hydrogen-bond donors (Lipinski definition) is 3. The third kappa shape index (κ3) is 5.19. The van der Waals surface area contributed by atoms with Gasteiger partial charge in [-0.2, -0.15) is 0 Å². The van der Waals surface area contributed by atoms with Gasteiger partial charge < -0.3 is 30.4 Å². The molecule has 1 saturated heterocycles. The Balaban J connectivity index is 0.00000342. The van der Waals surface area contributed by atoms with E-state index in [0.717, 1.165) is 16.2 Å². The number of oxime groups is 1. The Kier molecular flexibility index (Phi) is 8.50. The van der Waals surface area contributed by atoms with Gasteiger partial charge >= 0.3 is 35.5 Å². The van der Waals surface area contributed by atoms with Gasteiger partial charge in [0.05, 0.1) is 7.11 Å². The van der Waals surface area contributed by atoms with Crippen molar-refractivity contribution in [3.05, 3.63) is 39.2 Å². The Morgan fingerprint density at radius 1 is 1.49 bits per heavy atom. The molecule has 0 spiro atoms. The maximum absolute atomic E-state index is 12.8. The summed E-state index contributed by atoms with van der Waals surface area (Å²) in [6.07, 6.45) is 3.00. The average molecular weight is 549 g/mol. The molecule has 2 aromatic heterocycles. The molecule has 35 heavy (non-hydrogen) atoms. The molecular weight excluding hydrogens is 535 g/mol. The van der Waals surface area contributed by atoms with Crippen molar-refractivity contribution >= 4 is 69.4 Å². The molecule has 0 radical (unpaired) electrons. The summed E-state index contributed by atoms with van der Waals surface area (Å²) >= 11 is 8.04. The molecular formula is C18H14ClN6NaO7S2. The van der Waals surface area contributed by atoms with Crippen LogP contribution in [0.25, 0.3) is 6.08 Å². The first-order valence-corrected chi connectivity index (χ1v) is 11.5. The molecule has 13 nitrogen and oxygen atoms in total. The van der Waals surface area contributed by atoms with Crippen LogP contribution in [0.3, 0.4) is 0 Å². The fourth-order valence-corrected chi connectivity index (χ4v) is 5.44. The third-order valence-corrected chi connectivity index (χ3v) is 7.09. The molecule has 2 aliphatic heterocycles. The number of allylic oxidation sites excluding steroid dienone is 1. The zero-order valence-electron chi connectivity index (χ0n) is 18.0. The first kappa shape index (κ1) is 27.0. The van der Waals surface area contributed by atoms with Gasteiger partial charge in [0.1, 0.15) is 26.8 Å². The first-order valence-electron chi connectivity index (χ1n) is 9.24. The summed E-state index contributed by atoms with van der Waals surface area (Å²) in [5, 5.41) is 37.4. The molecule has 0 bridgehead atoms. The second kappa shape index (κ2) is 11.0. The largest absolute Gasteiger partial charge is 1.00 e. The second-order valence-corrected chi connectivity index (χ2v) is 9.43. The quantitative estimate of drug-likeness (QED) is 0.0835. The number of halogens is 1. The summed E-state index contributed by atoms with van der Waals surface area (Å²) in [7, 11) is 1.42. The number of ether oxygens (including phenoxy) is 1. The number of rotatable bonds is 7. The monoisotopic (exact) mass is 548 g/mol. The van der Waals surface area contributed by atoms with Gasteiger partial charge in [-0.25, -0.2) is 9.78 Å². The SMILES string of the molecule is COc1cc(/C=C/C2=C(C(=O)O)N3C(=O)[C@@H](N=C([O-])/C(=N\O)c4nc(N)sc4Cl)[C@H]3SC2)on1.[Na+]. The fraction of sp³-hybridized carbons (Fsp3) is 0.222. The summed E-state index contributed by atoms with van der Waals surface area (Å²) in [5.41, 5.74) is 4.92. The van der Waals surface area contributed by atoms with Crippen molar-refractivity contribution in [2.75, 3.05) is 18.6 Å². The van der Waals surface area contributed by atoms with Gasteiger partial charge in [-0.05, 0) is 16.8 Å². The number of aromatic nitrogens is 2. The average Bonchev–Trinajstić information content (AvgIpc) is 3.41. The van der Waals surface area contributed by atoms with Crippen molar-refractivity contribution in [3.8, 4) is 5.88 Å². The maximum Gasteiger partial charge on any atom is 1.00 e. The van der Waals surface area contributed by atoms with Crippen molar-refractivity contribution in [2.45, 2.75) is 11.4 Å². The molecule has 4 N–H and O–H groups in total. The number of fused-ring (bicyclic) bond motifs is 1. The van der Waals surface area contributed by atoms with Gasteiger partial charge in [0.15, 0.2) is 16.9 Å². The Morgan fingerprint density at radius 2 is 2.23 bits per heavy atom. The molecule has 4 heterocycles. The van der Waals surface area contributed by atoms with Crippen LogP contribution in [-0.2, 0) is 9.59 Å². The number of aliphatic imine (C=N–C) groups is 1. The molecule has 1 fully saturated rings. The number of carbonyl (C=O) groups excluding carboxylic acids is 1. The molecule has 2 aromatic rings. The van der Waals surface area contributed by atoms with E-state index in [9.17, 15) is 25.0 Å².